The number of halogens is 1. The summed E-state index contributed by atoms with van der Waals surface area (Å²) in [7, 11) is 0. The second-order valence-corrected chi connectivity index (χ2v) is 4.63. The molecular weight excluding hydrogens is 288 g/mol. The molecule has 104 valence electrons. The second-order valence-electron chi connectivity index (χ2n) is 4.20. The molecule has 0 aliphatic carbocycles. The Hall–Kier alpha value is -2.71. The van der Waals surface area contributed by atoms with E-state index in [1.807, 2.05) is 6.07 Å². The summed E-state index contributed by atoms with van der Waals surface area (Å²) in [6.07, 6.45) is 0. The Morgan fingerprint density at radius 3 is 2.48 bits per heavy atom. The summed E-state index contributed by atoms with van der Waals surface area (Å²) in [6.45, 7) is 0. The number of nitrogens with zero attached hydrogens (tertiary/aromatic N) is 3. The normalized spacial score (nSPS) is 12.0. The number of hydrogen-bond acceptors (Lipinski definition) is 4. The summed E-state index contributed by atoms with van der Waals surface area (Å²) in [4.78, 5) is 11.6. The highest BCUT2D eigenvalue weighted by molar-refractivity contribution is 6.30. The van der Waals surface area contributed by atoms with Crippen molar-refractivity contribution in [1.82, 2.24) is 0 Å². The first kappa shape index (κ1) is 14.7. The number of nitrogens with two attached hydrogens (primary N) is 1. The van der Waals surface area contributed by atoms with Gasteiger partial charge in [-0.25, -0.2) is 0 Å². The van der Waals surface area contributed by atoms with Gasteiger partial charge in [-0.1, -0.05) is 29.8 Å². The van der Waals surface area contributed by atoms with Gasteiger partial charge in [0.2, 0.25) is 5.91 Å². The molecule has 1 atom stereocenters. The lowest BCUT2D eigenvalue weighted by molar-refractivity contribution is -0.119. The van der Waals surface area contributed by atoms with E-state index in [1.54, 1.807) is 48.5 Å². The van der Waals surface area contributed by atoms with Crippen LogP contribution in [0.1, 0.15) is 17.2 Å². The zero-order valence-corrected chi connectivity index (χ0v) is 11.7. The molecule has 0 aliphatic rings. The minimum atomic E-state index is -1.00. The van der Waals surface area contributed by atoms with Gasteiger partial charge in [0.1, 0.15) is 0 Å². The largest absolute Gasteiger partial charge is 0.367 e. The summed E-state index contributed by atoms with van der Waals surface area (Å²) < 4.78 is 0. The zero-order chi connectivity index (χ0) is 15.2. The molecule has 1 amide bonds. The molecule has 6 heteroatoms. The van der Waals surface area contributed by atoms with E-state index in [4.69, 9.17) is 22.6 Å². The molecular formula is C15H11ClN4O. The maximum atomic E-state index is 11.6. The van der Waals surface area contributed by atoms with E-state index in [9.17, 15) is 4.79 Å². The van der Waals surface area contributed by atoms with Gasteiger partial charge < -0.3 is 5.73 Å². The Morgan fingerprint density at radius 1 is 1.19 bits per heavy atom. The van der Waals surface area contributed by atoms with Crippen LogP contribution in [0.15, 0.2) is 58.8 Å². The number of nitriles is 1. The Kier molecular flexibility index (Phi) is 4.64. The molecule has 5 nitrogen and oxygen atoms in total. The number of azo groups is 1. The third kappa shape index (κ3) is 3.65. The molecule has 0 spiro atoms. The number of primary amides is 1. The van der Waals surface area contributed by atoms with Crippen molar-refractivity contribution in [3.05, 3.63) is 64.7 Å². The molecule has 2 aromatic rings. The molecule has 2 N–H and O–H groups in total. The SMILES string of the molecule is N#Cc1ccccc1C(N=Nc1ccc(Cl)cc1)C(N)=O. The topological polar surface area (TPSA) is 91.6 Å². The van der Waals surface area contributed by atoms with Crippen molar-refractivity contribution in [3.8, 4) is 6.07 Å². The molecule has 0 radical (unpaired) electrons. The quantitative estimate of drug-likeness (QED) is 0.875. The predicted molar refractivity (Wildman–Crippen MR) is 79.1 cm³/mol. The maximum Gasteiger partial charge on any atom is 0.248 e. The number of hydrogen-bond donors (Lipinski definition) is 1. The number of benzene rings is 2. The maximum absolute atomic E-state index is 11.6. The van der Waals surface area contributed by atoms with Crippen LogP contribution in [-0.4, -0.2) is 5.91 Å². The van der Waals surface area contributed by atoms with Crippen LogP contribution in [0.2, 0.25) is 5.02 Å². The fourth-order valence-corrected chi connectivity index (χ4v) is 1.87. The first-order valence-electron chi connectivity index (χ1n) is 6.06. The molecule has 0 aliphatic heterocycles. The number of rotatable bonds is 4. The highest BCUT2D eigenvalue weighted by atomic mass is 35.5. The lowest BCUT2D eigenvalue weighted by Crippen LogP contribution is -2.20. The molecule has 21 heavy (non-hydrogen) atoms. The van der Waals surface area contributed by atoms with Gasteiger partial charge >= 0.3 is 0 Å². The Bertz CT molecular complexity index is 719. The standard InChI is InChI=1S/C15H11ClN4O/c16-11-5-7-12(8-6-11)19-20-14(15(18)21)13-4-2-1-3-10(13)9-17/h1-8,14H,(H2,18,21). The second kappa shape index (κ2) is 6.64. The van der Waals surface area contributed by atoms with Gasteiger partial charge in [0.15, 0.2) is 6.04 Å². The van der Waals surface area contributed by atoms with Crippen LogP contribution < -0.4 is 5.73 Å². The average molecular weight is 299 g/mol. The molecule has 0 fully saturated rings. The zero-order valence-electron chi connectivity index (χ0n) is 10.9. The van der Waals surface area contributed by atoms with Gasteiger partial charge in [-0.2, -0.15) is 15.5 Å². The monoisotopic (exact) mass is 298 g/mol. The summed E-state index contributed by atoms with van der Waals surface area (Å²) in [5.74, 6) is -0.671. The van der Waals surface area contributed by atoms with Crippen molar-refractivity contribution in [2.45, 2.75) is 6.04 Å². The van der Waals surface area contributed by atoms with Gasteiger partial charge in [-0.15, -0.1) is 0 Å². The van der Waals surface area contributed by atoms with E-state index in [1.165, 1.54) is 0 Å². The summed E-state index contributed by atoms with van der Waals surface area (Å²) in [6, 6.07) is 14.3. The highest BCUT2D eigenvalue weighted by Crippen LogP contribution is 2.24. The van der Waals surface area contributed by atoms with Crippen molar-refractivity contribution in [3.63, 3.8) is 0 Å². The number of amides is 1. The molecule has 0 aromatic heterocycles. The number of carbonyl (C=O) groups is 1. The first-order valence-corrected chi connectivity index (χ1v) is 6.44. The molecule has 0 saturated carbocycles. The summed E-state index contributed by atoms with van der Waals surface area (Å²) in [5, 5.41) is 17.6. The van der Waals surface area contributed by atoms with Crippen molar-refractivity contribution < 1.29 is 4.79 Å². The lowest BCUT2D eigenvalue weighted by Gasteiger charge is -2.09. The molecule has 0 heterocycles. The third-order valence-corrected chi connectivity index (χ3v) is 3.01. The molecule has 2 rings (SSSR count). The third-order valence-electron chi connectivity index (χ3n) is 2.76. The first-order chi connectivity index (χ1) is 10.1. The van der Waals surface area contributed by atoms with Crippen LogP contribution in [0.5, 0.6) is 0 Å². The van der Waals surface area contributed by atoms with E-state index < -0.39 is 11.9 Å². The Morgan fingerprint density at radius 2 is 1.86 bits per heavy atom. The van der Waals surface area contributed by atoms with Crippen molar-refractivity contribution in [2.75, 3.05) is 0 Å². The van der Waals surface area contributed by atoms with E-state index >= 15 is 0 Å². The lowest BCUT2D eigenvalue weighted by atomic mass is 10.0. The smallest absolute Gasteiger partial charge is 0.248 e. The van der Waals surface area contributed by atoms with E-state index in [2.05, 4.69) is 10.2 Å². The summed E-state index contributed by atoms with van der Waals surface area (Å²) in [5.41, 5.74) is 6.68. The fraction of sp³-hybridized carbons (Fsp3) is 0.0667. The Labute approximate surface area is 126 Å². The van der Waals surface area contributed by atoms with E-state index in [0.29, 0.717) is 21.8 Å². The molecule has 0 bridgehead atoms. The summed E-state index contributed by atoms with van der Waals surface area (Å²) >= 11 is 5.78. The minimum Gasteiger partial charge on any atom is -0.367 e. The fourth-order valence-electron chi connectivity index (χ4n) is 1.74. The van der Waals surface area contributed by atoms with Gasteiger partial charge in [-0.3, -0.25) is 4.79 Å². The van der Waals surface area contributed by atoms with Crippen molar-refractivity contribution in [1.29, 1.82) is 5.26 Å². The average Bonchev–Trinajstić information content (AvgIpc) is 2.49. The van der Waals surface area contributed by atoms with Gasteiger partial charge in [-0.05, 0) is 30.3 Å². The van der Waals surface area contributed by atoms with E-state index in [0.717, 1.165) is 0 Å². The van der Waals surface area contributed by atoms with Crippen LogP contribution in [0.4, 0.5) is 5.69 Å². The number of carbonyl (C=O) groups excluding carboxylic acids is 1. The van der Waals surface area contributed by atoms with E-state index in [-0.39, 0.29) is 0 Å². The van der Waals surface area contributed by atoms with Gasteiger partial charge in [0.25, 0.3) is 0 Å². The van der Waals surface area contributed by atoms with Gasteiger partial charge in [0.05, 0.1) is 17.3 Å². The van der Waals surface area contributed by atoms with Crippen LogP contribution in [0.3, 0.4) is 0 Å². The highest BCUT2D eigenvalue weighted by Gasteiger charge is 2.20. The van der Waals surface area contributed by atoms with Crippen LogP contribution in [-0.2, 0) is 4.79 Å². The minimum absolute atomic E-state index is 0.344. The van der Waals surface area contributed by atoms with Crippen molar-refractivity contribution in [2.24, 2.45) is 16.0 Å². The molecule has 0 saturated heterocycles. The van der Waals surface area contributed by atoms with Gasteiger partial charge in [0, 0.05) is 10.6 Å². The van der Waals surface area contributed by atoms with Crippen LogP contribution in [0.25, 0.3) is 0 Å². The predicted octanol–water partition coefficient (Wildman–Crippen LogP) is 3.52. The molecule has 1 unspecified atom stereocenters. The van der Waals surface area contributed by atoms with Crippen LogP contribution in [0, 0.1) is 11.3 Å². The Balaban J connectivity index is 2.34. The van der Waals surface area contributed by atoms with Crippen molar-refractivity contribution >= 4 is 23.2 Å². The van der Waals surface area contributed by atoms with Crippen LogP contribution >= 0.6 is 11.6 Å². The molecule has 2 aromatic carbocycles.